The van der Waals surface area contributed by atoms with E-state index in [0.717, 1.165) is 6.07 Å². The van der Waals surface area contributed by atoms with Gasteiger partial charge in [0.15, 0.2) is 5.41 Å². The van der Waals surface area contributed by atoms with Crippen molar-refractivity contribution in [3.63, 3.8) is 0 Å². The van der Waals surface area contributed by atoms with Gasteiger partial charge in [0.05, 0.1) is 23.4 Å². The average Bonchev–Trinajstić information content (AvgIpc) is 2.95. The van der Waals surface area contributed by atoms with Gasteiger partial charge in [-0.15, -0.1) is 12.4 Å². The fourth-order valence-electron chi connectivity index (χ4n) is 2.68. The molecule has 0 atom stereocenters. The minimum atomic E-state index is -5.54. The molecule has 1 aliphatic heterocycles. The van der Waals surface area contributed by atoms with E-state index < -0.39 is 43.2 Å². The first kappa shape index (κ1) is 22.5. The fourth-order valence-corrected chi connectivity index (χ4v) is 2.85. The minimum absolute atomic E-state index is 0. The molecule has 1 amide bonds. The summed E-state index contributed by atoms with van der Waals surface area (Å²) in [5.74, 6) is -1.14. The third kappa shape index (κ3) is 3.62. The maximum absolute atomic E-state index is 13.1. The van der Waals surface area contributed by atoms with Crippen LogP contribution in [0.25, 0.3) is 0 Å². The number of halogens is 8. The number of hydrogen-bond acceptors (Lipinski definition) is 3. The Labute approximate surface area is 155 Å². The second kappa shape index (κ2) is 7.22. The lowest BCUT2D eigenvalue weighted by molar-refractivity contribution is -0.334. The maximum Gasteiger partial charge on any atom is 0.404 e. The van der Waals surface area contributed by atoms with E-state index in [9.17, 15) is 31.1 Å². The van der Waals surface area contributed by atoms with Crippen LogP contribution in [0.5, 0.6) is 5.75 Å². The molecule has 1 aliphatic rings. The van der Waals surface area contributed by atoms with E-state index in [2.05, 4.69) is 0 Å². The molecule has 1 heterocycles. The quantitative estimate of drug-likeness (QED) is 0.566. The number of anilines is 1. The molecule has 1 aromatic carbocycles. The van der Waals surface area contributed by atoms with Crippen molar-refractivity contribution in [3.05, 3.63) is 22.7 Å². The van der Waals surface area contributed by atoms with Gasteiger partial charge in [0, 0.05) is 19.2 Å². The van der Waals surface area contributed by atoms with E-state index in [4.69, 9.17) is 22.1 Å². The van der Waals surface area contributed by atoms with E-state index >= 15 is 0 Å². The number of ether oxygens (including phenoxy) is 1. The molecule has 0 spiro atoms. The second-order valence-corrected chi connectivity index (χ2v) is 6.04. The number of nitrogens with zero attached hydrogens (tertiary/aromatic N) is 1. The van der Waals surface area contributed by atoms with Crippen molar-refractivity contribution in [1.82, 2.24) is 4.90 Å². The summed E-state index contributed by atoms with van der Waals surface area (Å²) < 4.78 is 83.5. The van der Waals surface area contributed by atoms with Crippen LogP contribution in [0.4, 0.5) is 32.0 Å². The zero-order chi connectivity index (χ0) is 19.2. The highest BCUT2D eigenvalue weighted by Gasteiger charge is 2.72. The molecule has 26 heavy (non-hydrogen) atoms. The van der Waals surface area contributed by atoms with E-state index in [-0.39, 0.29) is 34.4 Å². The van der Waals surface area contributed by atoms with Crippen molar-refractivity contribution in [2.24, 2.45) is 5.41 Å². The minimum Gasteiger partial charge on any atom is -0.496 e. The summed E-state index contributed by atoms with van der Waals surface area (Å²) in [7, 11) is 1.18. The lowest BCUT2D eigenvalue weighted by Gasteiger charge is -2.33. The lowest BCUT2D eigenvalue weighted by Crippen LogP contribution is -2.52. The Morgan fingerprint density at radius 2 is 1.77 bits per heavy atom. The van der Waals surface area contributed by atoms with Gasteiger partial charge < -0.3 is 15.4 Å². The molecular weight excluding hydrogens is 413 g/mol. The van der Waals surface area contributed by atoms with Crippen LogP contribution in [0.1, 0.15) is 16.8 Å². The van der Waals surface area contributed by atoms with E-state index in [1.807, 2.05) is 0 Å². The Balaban J connectivity index is 0.00000338. The molecule has 2 rings (SSSR count). The average molecular weight is 427 g/mol. The number of hydrogen-bond donors (Lipinski definition) is 1. The van der Waals surface area contributed by atoms with E-state index in [1.54, 1.807) is 0 Å². The highest BCUT2D eigenvalue weighted by molar-refractivity contribution is 6.33. The van der Waals surface area contributed by atoms with Crippen molar-refractivity contribution >= 4 is 35.6 Å². The van der Waals surface area contributed by atoms with Crippen LogP contribution in [0, 0.1) is 5.41 Å². The highest BCUT2D eigenvalue weighted by Crippen LogP contribution is 2.55. The molecule has 4 nitrogen and oxygen atoms in total. The monoisotopic (exact) mass is 426 g/mol. The third-order valence-electron chi connectivity index (χ3n) is 4.19. The molecule has 0 radical (unpaired) electrons. The second-order valence-electron chi connectivity index (χ2n) is 5.63. The summed E-state index contributed by atoms with van der Waals surface area (Å²) in [5, 5.41) is -0.0683. The van der Waals surface area contributed by atoms with E-state index in [0.29, 0.717) is 4.90 Å². The first-order valence-corrected chi connectivity index (χ1v) is 7.27. The van der Waals surface area contributed by atoms with Crippen LogP contribution in [-0.2, 0) is 0 Å². The van der Waals surface area contributed by atoms with Gasteiger partial charge in [-0.1, -0.05) is 11.6 Å². The smallest absolute Gasteiger partial charge is 0.404 e. The number of nitrogen functional groups attached to an aromatic ring is 1. The molecule has 0 unspecified atom stereocenters. The number of amides is 1. The largest absolute Gasteiger partial charge is 0.496 e. The van der Waals surface area contributed by atoms with Crippen molar-refractivity contribution in [1.29, 1.82) is 0 Å². The van der Waals surface area contributed by atoms with Gasteiger partial charge >= 0.3 is 12.4 Å². The molecule has 1 saturated heterocycles. The van der Waals surface area contributed by atoms with Crippen LogP contribution in [-0.4, -0.2) is 43.4 Å². The van der Waals surface area contributed by atoms with Crippen LogP contribution in [0.3, 0.4) is 0 Å². The summed E-state index contributed by atoms with van der Waals surface area (Å²) in [4.78, 5) is 12.9. The third-order valence-corrected chi connectivity index (χ3v) is 4.52. The normalized spacial score (nSPS) is 17.0. The van der Waals surface area contributed by atoms with Gasteiger partial charge in [-0.3, -0.25) is 4.79 Å². The Bertz CT molecular complexity index is 679. The zero-order valence-corrected chi connectivity index (χ0v) is 14.7. The molecule has 148 valence electrons. The summed E-state index contributed by atoms with van der Waals surface area (Å²) in [6, 6.07) is 2.23. The zero-order valence-electron chi connectivity index (χ0n) is 13.2. The van der Waals surface area contributed by atoms with Gasteiger partial charge in [-0.05, 0) is 12.5 Å². The van der Waals surface area contributed by atoms with Gasteiger partial charge in [-0.2, -0.15) is 26.3 Å². The number of benzene rings is 1. The Kier molecular flexibility index (Phi) is 6.25. The van der Waals surface area contributed by atoms with Crippen LogP contribution < -0.4 is 10.5 Å². The molecule has 2 N–H and O–H groups in total. The summed E-state index contributed by atoms with van der Waals surface area (Å²) >= 11 is 5.78. The maximum atomic E-state index is 13.1. The fraction of sp³-hybridized carbons (Fsp3) is 0.500. The topological polar surface area (TPSA) is 55.6 Å². The molecule has 0 aromatic heterocycles. The number of nitrogens with two attached hydrogens (primary N) is 1. The first-order chi connectivity index (χ1) is 11.3. The van der Waals surface area contributed by atoms with Crippen molar-refractivity contribution in [3.8, 4) is 5.75 Å². The molecular formula is C14H14Cl2F6N2O2. The van der Waals surface area contributed by atoms with Crippen molar-refractivity contribution in [2.75, 3.05) is 25.9 Å². The molecule has 1 aromatic rings. The van der Waals surface area contributed by atoms with Gasteiger partial charge in [0.1, 0.15) is 5.75 Å². The highest BCUT2D eigenvalue weighted by atomic mass is 35.5. The summed E-state index contributed by atoms with van der Waals surface area (Å²) in [6.07, 6.45) is -12.3. The van der Waals surface area contributed by atoms with Crippen LogP contribution in [0.2, 0.25) is 5.02 Å². The Morgan fingerprint density at radius 3 is 2.19 bits per heavy atom. The SMILES string of the molecule is COc1cc(N)c(Cl)cc1C(=O)N1CCC(C(F)(F)F)(C(F)(F)F)C1.Cl. The summed E-state index contributed by atoms with van der Waals surface area (Å²) in [6.45, 7) is -2.23. The predicted octanol–water partition coefficient (Wildman–Crippen LogP) is 4.31. The van der Waals surface area contributed by atoms with Crippen LogP contribution in [0.15, 0.2) is 12.1 Å². The predicted molar refractivity (Wildman–Crippen MR) is 84.7 cm³/mol. The summed E-state index contributed by atoms with van der Waals surface area (Å²) in [5.41, 5.74) is 1.37. The standard InChI is InChI=1S/C14H13ClF6N2O2.ClH/c1-25-10-5-9(22)8(15)4-7(10)11(24)23-3-2-12(6-23,13(16,17)18)14(19,20)21;/h4-5H,2-3,6,22H2,1H3;1H. The van der Waals surface area contributed by atoms with Crippen LogP contribution >= 0.6 is 24.0 Å². The molecule has 0 bridgehead atoms. The molecule has 12 heteroatoms. The first-order valence-electron chi connectivity index (χ1n) is 6.90. The number of rotatable bonds is 2. The van der Waals surface area contributed by atoms with Crippen molar-refractivity contribution in [2.45, 2.75) is 18.8 Å². The number of carbonyl (C=O) groups excluding carboxylic acids is 1. The molecule has 0 saturated carbocycles. The number of alkyl halides is 6. The van der Waals surface area contributed by atoms with Gasteiger partial charge in [0.25, 0.3) is 5.91 Å². The van der Waals surface area contributed by atoms with E-state index in [1.165, 1.54) is 13.2 Å². The van der Waals surface area contributed by atoms with Crippen molar-refractivity contribution < 1.29 is 35.9 Å². The number of likely N-dealkylation sites (tertiary alicyclic amines) is 1. The van der Waals surface area contributed by atoms with Gasteiger partial charge in [0.2, 0.25) is 0 Å². The lowest BCUT2D eigenvalue weighted by atomic mass is 9.85. The number of carbonyl (C=O) groups is 1. The Morgan fingerprint density at radius 1 is 1.23 bits per heavy atom. The number of methoxy groups -OCH3 is 1. The Hall–Kier alpha value is -1.55. The molecule has 0 aliphatic carbocycles. The van der Waals surface area contributed by atoms with Gasteiger partial charge in [-0.25, -0.2) is 0 Å². The molecule has 1 fully saturated rings.